The molecule has 1 aliphatic carbocycles. The molecule has 1 heterocycles. The monoisotopic (exact) mass is 602 g/mol. The average molecular weight is 603 g/mol. The molecular formula is C43H30N4. The van der Waals surface area contributed by atoms with Crippen LogP contribution in [0.5, 0.6) is 0 Å². The van der Waals surface area contributed by atoms with Gasteiger partial charge in [0.15, 0.2) is 17.5 Å². The van der Waals surface area contributed by atoms with Gasteiger partial charge in [-0.25, -0.2) is 15.0 Å². The van der Waals surface area contributed by atoms with Crippen molar-refractivity contribution in [1.29, 1.82) is 5.26 Å². The lowest BCUT2D eigenvalue weighted by Gasteiger charge is -2.21. The van der Waals surface area contributed by atoms with Gasteiger partial charge in [-0.15, -0.1) is 0 Å². The third-order valence-corrected chi connectivity index (χ3v) is 9.22. The summed E-state index contributed by atoms with van der Waals surface area (Å²) in [6.45, 7) is 4.48. The highest BCUT2D eigenvalue weighted by Gasteiger charge is 2.38. The third-order valence-electron chi connectivity index (χ3n) is 9.22. The zero-order valence-corrected chi connectivity index (χ0v) is 26.1. The molecule has 222 valence electrons. The Balaban J connectivity index is 1.21. The van der Waals surface area contributed by atoms with Crippen molar-refractivity contribution in [2.24, 2.45) is 0 Å². The van der Waals surface area contributed by atoms with Gasteiger partial charge in [0.05, 0.1) is 11.6 Å². The van der Waals surface area contributed by atoms with Crippen LogP contribution in [0.1, 0.15) is 30.5 Å². The lowest BCUT2D eigenvalue weighted by atomic mass is 9.82. The molecule has 0 spiro atoms. The highest BCUT2D eigenvalue weighted by atomic mass is 15.0. The van der Waals surface area contributed by atoms with Crippen LogP contribution in [0.15, 0.2) is 146 Å². The number of benzene rings is 6. The first kappa shape index (κ1) is 28.3. The predicted octanol–water partition coefficient (Wildman–Crippen LogP) is 10.4. The van der Waals surface area contributed by atoms with Gasteiger partial charge in [-0.3, -0.25) is 0 Å². The maximum Gasteiger partial charge on any atom is 0.164 e. The lowest BCUT2D eigenvalue weighted by molar-refractivity contribution is 0.660. The highest BCUT2D eigenvalue weighted by molar-refractivity contribution is 5.95. The van der Waals surface area contributed by atoms with Gasteiger partial charge >= 0.3 is 0 Å². The Hall–Kier alpha value is -6.18. The predicted molar refractivity (Wildman–Crippen MR) is 189 cm³/mol. The Labute approximate surface area is 274 Å². The van der Waals surface area contributed by atoms with Crippen LogP contribution in [0.4, 0.5) is 0 Å². The lowest BCUT2D eigenvalue weighted by Crippen LogP contribution is -2.14. The van der Waals surface area contributed by atoms with E-state index in [2.05, 4.69) is 105 Å². The van der Waals surface area contributed by atoms with Crippen molar-refractivity contribution in [2.75, 3.05) is 0 Å². The molecule has 0 saturated carbocycles. The topological polar surface area (TPSA) is 62.5 Å². The van der Waals surface area contributed by atoms with Crippen molar-refractivity contribution in [3.05, 3.63) is 162 Å². The summed E-state index contributed by atoms with van der Waals surface area (Å²) in [5.41, 5.74) is 12.4. The zero-order chi connectivity index (χ0) is 32.0. The first-order valence-electron chi connectivity index (χ1n) is 15.8. The smallest absolute Gasteiger partial charge is 0.164 e. The van der Waals surface area contributed by atoms with E-state index in [0.717, 1.165) is 44.5 Å². The van der Waals surface area contributed by atoms with E-state index < -0.39 is 0 Å². The highest BCUT2D eigenvalue weighted by Crippen LogP contribution is 2.53. The third kappa shape index (κ3) is 4.90. The van der Waals surface area contributed by atoms with Gasteiger partial charge < -0.3 is 0 Å². The number of aromatic nitrogens is 3. The first-order chi connectivity index (χ1) is 23.0. The van der Waals surface area contributed by atoms with Crippen molar-refractivity contribution < 1.29 is 0 Å². The molecule has 0 aliphatic heterocycles. The summed E-state index contributed by atoms with van der Waals surface area (Å²) in [5.74, 6) is 1.87. The minimum Gasteiger partial charge on any atom is -0.208 e. The summed E-state index contributed by atoms with van der Waals surface area (Å²) in [6, 6.07) is 52.1. The van der Waals surface area contributed by atoms with E-state index in [1.54, 1.807) is 0 Å². The maximum atomic E-state index is 10.0. The fourth-order valence-electron chi connectivity index (χ4n) is 6.76. The minimum absolute atomic E-state index is 0.193. The normalized spacial score (nSPS) is 12.6. The van der Waals surface area contributed by atoms with Crippen molar-refractivity contribution in [1.82, 2.24) is 15.0 Å². The Morgan fingerprint density at radius 1 is 0.426 bits per heavy atom. The molecule has 0 fully saturated rings. The second-order valence-corrected chi connectivity index (χ2v) is 12.4. The first-order valence-corrected chi connectivity index (χ1v) is 15.8. The Bertz CT molecular complexity index is 2300. The Morgan fingerprint density at radius 3 is 1.40 bits per heavy atom. The molecule has 0 N–H and O–H groups in total. The standard InChI is InChI=1S/C43H30N4/c1-43(2)36-17-9-15-34(27-44)38(36)39-35(16-10-18-37(39)43)30-21-25-33(26-22-30)42-46-40(31-13-7-4-8-14-31)45-41(47-42)32-23-19-29(20-24-32)28-11-5-3-6-12-28/h3-26H,1-2H3. The van der Waals surface area contributed by atoms with E-state index in [4.69, 9.17) is 15.0 Å². The molecule has 0 radical (unpaired) electrons. The van der Waals surface area contributed by atoms with Crippen molar-refractivity contribution in [3.8, 4) is 73.6 Å². The molecule has 0 unspecified atom stereocenters. The Morgan fingerprint density at radius 2 is 0.851 bits per heavy atom. The molecule has 0 atom stereocenters. The van der Waals surface area contributed by atoms with Gasteiger partial charge in [0, 0.05) is 27.7 Å². The van der Waals surface area contributed by atoms with Crippen LogP contribution in [0.2, 0.25) is 0 Å². The molecule has 4 heteroatoms. The number of hydrogen-bond acceptors (Lipinski definition) is 4. The largest absolute Gasteiger partial charge is 0.208 e. The summed E-state index contributed by atoms with van der Waals surface area (Å²) < 4.78 is 0. The van der Waals surface area contributed by atoms with Gasteiger partial charge in [0.1, 0.15) is 0 Å². The Kier molecular flexibility index (Phi) is 6.82. The molecule has 6 aromatic carbocycles. The van der Waals surface area contributed by atoms with Gasteiger partial charge in [-0.2, -0.15) is 5.26 Å². The summed E-state index contributed by atoms with van der Waals surface area (Å²) in [6.07, 6.45) is 0. The van der Waals surface area contributed by atoms with Gasteiger partial charge in [-0.05, 0) is 45.0 Å². The number of fused-ring (bicyclic) bond motifs is 3. The van der Waals surface area contributed by atoms with Crippen LogP contribution in [-0.2, 0) is 5.41 Å². The number of rotatable bonds is 5. The van der Waals surface area contributed by atoms with E-state index in [9.17, 15) is 5.26 Å². The van der Waals surface area contributed by atoms with Crippen LogP contribution in [0.25, 0.3) is 67.5 Å². The fourth-order valence-corrected chi connectivity index (χ4v) is 6.76. The van der Waals surface area contributed by atoms with E-state index in [0.29, 0.717) is 23.0 Å². The molecular weight excluding hydrogens is 573 g/mol. The number of nitriles is 1. The quantitative estimate of drug-likeness (QED) is 0.197. The summed E-state index contributed by atoms with van der Waals surface area (Å²) >= 11 is 0. The molecule has 7 aromatic rings. The van der Waals surface area contributed by atoms with Crippen LogP contribution in [0.3, 0.4) is 0 Å². The second kappa shape index (κ2) is 11.3. The molecule has 8 rings (SSSR count). The molecule has 0 amide bonds. The van der Waals surface area contributed by atoms with Crippen LogP contribution >= 0.6 is 0 Å². The summed E-state index contributed by atoms with van der Waals surface area (Å²) in [7, 11) is 0. The summed E-state index contributed by atoms with van der Waals surface area (Å²) in [4.78, 5) is 14.8. The SMILES string of the molecule is CC1(C)c2cccc(C#N)c2-c2c(-c3ccc(-c4nc(-c5ccccc5)nc(-c5ccc(-c6ccccc6)cc5)n4)cc3)cccc21. The van der Waals surface area contributed by atoms with Crippen molar-refractivity contribution in [3.63, 3.8) is 0 Å². The fraction of sp³-hybridized carbons (Fsp3) is 0.0698. The molecule has 47 heavy (non-hydrogen) atoms. The zero-order valence-electron chi connectivity index (χ0n) is 26.1. The van der Waals surface area contributed by atoms with Crippen molar-refractivity contribution >= 4 is 0 Å². The molecule has 0 bridgehead atoms. The minimum atomic E-state index is -0.193. The average Bonchev–Trinajstić information content (AvgIpc) is 3.38. The maximum absolute atomic E-state index is 10.0. The number of hydrogen-bond donors (Lipinski definition) is 0. The summed E-state index contributed by atoms with van der Waals surface area (Å²) in [5, 5.41) is 10.0. The molecule has 1 aliphatic rings. The number of nitrogens with zero attached hydrogens (tertiary/aromatic N) is 4. The molecule has 1 aromatic heterocycles. The molecule has 4 nitrogen and oxygen atoms in total. The van der Waals surface area contributed by atoms with Crippen molar-refractivity contribution in [2.45, 2.75) is 19.3 Å². The second-order valence-electron chi connectivity index (χ2n) is 12.4. The van der Waals surface area contributed by atoms with Gasteiger partial charge in [-0.1, -0.05) is 153 Å². The van der Waals surface area contributed by atoms with E-state index in [-0.39, 0.29) is 5.41 Å². The van der Waals surface area contributed by atoms with Crippen LogP contribution < -0.4 is 0 Å². The van der Waals surface area contributed by atoms with E-state index in [1.165, 1.54) is 16.7 Å². The van der Waals surface area contributed by atoms with Gasteiger partial charge in [0.25, 0.3) is 0 Å². The van der Waals surface area contributed by atoms with Gasteiger partial charge in [0.2, 0.25) is 0 Å². The van der Waals surface area contributed by atoms with Crippen LogP contribution in [0, 0.1) is 11.3 Å². The van der Waals surface area contributed by atoms with E-state index in [1.807, 2.05) is 60.7 Å². The van der Waals surface area contributed by atoms with Crippen LogP contribution in [-0.4, -0.2) is 15.0 Å². The molecule has 0 saturated heterocycles. The van der Waals surface area contributed by atoms with E-state index >= 15 is 0 Å².